The molecule has 1 aromatic rings. The lowest BCUT2D eigenvalue weighted by atomic mass is 9.87. The van der Waals surface area contributed by atoms with Gasteiger partial charge >= 0.3 is 0 Å². The molecular weight excluding hydrogens is 260 g/mol. The summed E-state index contributed by atoms with van der Waals surface area (Å²) in [6.45, 7) is 0.331. The summed E-state index contributed by atoms with van der Waals surface area (Å²) in [6.07, 6.45) is 2.90. The summed E-state index contributed by atoms with van der Waals surface area (Å²) in [4.78, 5) is 4.08. The minimum Gasteiger partial charge on any atom is -0.492 e. The number of aromatic nitrogens is 1. The van der Waals surface area contributed by atoms with Crippen molar-refractivity contribution >= 4 is 11.6 Å². The highest BCUT2D eigenvalue weighted by atomic mass is 35.5. The lowest BCUT2D eigenvalue weighted by Crippen LogP contribution is -2.29. The van der Waals surface area contributed by atoms with Crippen LogP contribution in [0.1, 0.15) is 31.4 Å². The molecule has 18 heavy (non-hydrogen) atoms. The molecule has 0 bridgehead atoms. The minimum absolute atomic E-state index is 0.00940. The number of rotatable bonds is 4. The molecule has 0 saturated heterocycles. The first-order valence-corrected chi connectivity index (χ1v) is 6.64. The van der Waals surface area contributed by atoms with Gasteiger partial charge in [-0.15, -0.1) is 11.6 Å². The van der Waals surface area contributed by atoms with Gasteiger partial charge < -0.3 is 4.74 Å². The average molecular weight is 276 g/mol. The third kappa shape index (κ3) is 3.80. The smallest absolute Gasteiger partial charge is 0.248 e. The van der Waals surface area contributed by atoms with Crippen molar-refractivity contribution in [3.63, 3.8) is 0 Å². The molecule has 2 rings (SSSR count). The van der Waals surface area contributed by atoms with E-state index in [4.69, 9.17) is 16.3 Å². The largest absolute Gasteiger partial charge is 0.492 e. The number of ether oxygens (including phenoxy) is 1. The number of pyridine rings is 1. The van der Waals surface area contributed by atoms with E-state index in [9.17, 15) is 8.78 Å². The quantitative estimate of drug-likeness (QED) is 0.774. The fraction of sp³-hybridized carbons (Fsp3) is 0.615. The normalized spacial score (nSPS) is 22.7. The Morgan fingerprint density at radius 1 is 1.44 bits per heavy atom. The van der Waals surface area contributed by atoms with E-state index in [1.807, 2.05) is 0 Å². The predicted molar refractivity (Wildman–Crippen MR) is 66.2 cm³/mol. The molecule has 1 atom stereocenters. The molecule has 1 saturated carbocycles. The van der Waals surface area contributed by atoms with E-state index in [1.165, 1.54) is 0 Å². The fourth-order valence-corrected chi connectivity index (χ4v) is 2.37. The third-order valence-electron chi connectivity index (χ3n) is 3.16. The molecular formula is C13H16ClF2NO. The Bertz CT molecular complexity index is 383. The van der Waals surface area contributed by atoms with Gasteiger partial charge in [-0.25, -0.2) is 8.78 Å². The monoisotopic (exact) mass is 275 g/mol. The van der Waals surface area contributed by atoms with Crippen LogP contribution >= 0.6 is 11.6 Å². The van der Waals surface area contributed by atoms with Crippen molar-refractivity contribution in [1.82, 2.24) is 4.98 Å². The summed E-state index contributed by atoms with van der Waals surface area (Å²) in [7, 11) is 0. The van der Waals surface area contributed by atoms with Crippen molar-refractivity contribution in [2.45, 2.75) is 37.5 Å². The average Bonchev–Trinajstić information content (AvgIpc) is 2.36. The second-order valence-corrected chi connectivity index (χ2v) is 5.02. The van der Waals surface area contributed by atoms with Gasteiger partial charge in [-0.1, -0.05) is 0 Å². The van der Waals surface area contributed by atoms with Crippen molar-refractivity contribution in [2.24, 2.45) is 5.92 Å². The van der Waals surface area contributed by atoms with Crippen molar-refractivity contribution in [1.29, 1.82) is 0 Å². The van der Waals surface area contributed by atoms with Crippen LogP contribution in [0.2, 0.25) is 0 Å². The van der Waals surface area contributed by atoms with Crippen LogP contribution in [0.3, 0.4) is 0 Å². The van der Waals surface area contributed by atoms with E-state index in [0.29, 0.717) is 24.7 Å². The number of nitrogens with zero attached hydrogens (tertiary/aromatic N) is 1. The van der Waals surface area contributed by atoms with Crippen LogP contribution in [0.15, 0.2) is 18.3 Å². The van der Waals surface area contributed by atoms with Crippen LogP contribution in [0.5, 0.6) is 5.75 Å². The van der Waals surface area contributed by atoms with Crippen LogP contribution in [-0.2, 0) is 5.88 Å². The molecule has 1 aliphatic carbocycles. The van der Waals surface area contributed by atoms with E-state index < -0.39 is 5.92 Å². The lowest BCUT2D eigenvalue weighted by Gasteiger charge is -2.28. The van der Waals surface area contributed by atoms with E-state index in [0.717, 1.165) is 12.1 Å². The molecule has 0 radical (unpaired) electrons. The molecule has 100 valence electrons. The van der Waals surface area contributed by atoms with Gasteiger partial charge in [-0.05, 0) is 30.9 Å². The van der Waals surface area contributed by atoms with E-state index >= 15 is 0 Å². The number of halogens is 3. The Labute approximate surface area is 110 Å². The maximum atomic E-state index is 13.2. The summed E-state index contributed by atoms with van der Waals surface area (Å²) < 4.78 is 31.9. The molecule has 0 aromatic carbocycles. The number of hydrogen-bond donors (Lipinski definition) is 0. The second kappa shape index (κ2) is 5.83. The van der Waals surface area contributed by atoms with Crippen molar-refractivity contribution in [3.8, 4) is 5.75 Å². The van der Waals surface area contributed by atoms with Gasteiger partial charge in [0.1, 0.15) is 5.75 Å². The first-order chi connectivity index (χ1) is 8.59. The van der Waals surface area contributed by atoms with Gasteiger partial charge in [-0.3, -0.25) is 4.98 Å². The Balaban J connectivity index is 1.83. The van der Waals surface area contributed by atoms with Gasteiger partial charge in [0.2, 0.25) is 5.92 Å². The first kappa shape index (κ1) is 13.5. The van der Waals surface area contributed by atoms with Gasteiger partial charge in [0.15, 0.2) is 0 Å². The lowest BCUT2D eigenvalue weighted by molar-refractivity contribution is -0.0585. The van der Waals surface area contributed by atoms with Gasteiger partial charge in [-0.2, -0.15) is 0 Å². The Kier molecular flexibility index (Phi) is 4.38. The molecule has 0 aliphatic heterocycles. The van der Waals surface area contributed by atoms with Crippen LogP contribution in [0.25, 0.3) is 0 Å². The molecule has 5 heteroatoms. The maximum Gasteiger partial charge on any atom is 0.248 e. The van der Waals surface area contributed by atoms with E-state index in [2.05, 4.69) is 4.98 Å². The standard InChI is InChI=1S/C13H16ClF2NO/c14-7-11-3-4-12(8-17-11)18-9-10-2-1-5-13(15,16)6-10/h3-4,8,10H,1-2,5-7,9H2. The van der Waals surface area contributed by atoms with Crippen molar-refractivity contribution in [2.75, 3.05) is 6.61 Å². The van der Waals surface area contributed by atoms with Gasteiger partial charge in [0.25, 0.3) is 0 Å². The summed E-state index contributed by atoms with van der Waals surface area (Å²) in [6, 6.07) is 3.55. The van der Waals surface area contributed by atoms with Crippen LogP contribution < -0.4 is 4.74 Å². The van der Waals surface area contributed by atoms with Crippen LogP contribution in [0, 0.1) is 5.92 Å². The molecule has 2 nitrogen and oxygen atoms in total. The summed E-state index contributed by atoms with van der Waals surface area (Å²) in [5.74, 6) is -1.62. The molecule has 1 fully saturated rings. The van der Waals surface area contributed by atoms with Crippen molar-refractivity contribution < 1.29 is 13.5 Å². The zero-order chi connectivity index (χ0) is 13.0. The molecule has 1 unspecified atom stereocenters. The fourth-order valence-electron chi connectivity index (χ4n) is 2.21. The highest BCUT2D eigenvalue weighted by Crippen LogP contribution is 2.36. The highest BCUT2D eigenvalue weighted by molar-refractivity contribution is 6.16. The highest BCUT2D eigenvalue weighted by Gasteiger charge is 2.36. The molecule has 1 heterocycles. The Hall–Kier alpha value is -0.900. The van der Waals surface area contributed by atoms with Crippen molar-refractivity contribution in [3.05, 3.63) is 24.0 Å². The topological polar surface area (TPSA) is 22.1 Å². The van der Waals surface area contributed by atoms with Crippen LogP contribution in [-0.4, -0.2) is 17.5 Å². The predicted octanol–water partition coefficient (Wildman–Crippen LogP) is 4.02. The summed E-state index contributed by atoms with van der Waals surface area (Å²) in [5, 5.41) is 0. The van der Waals surface area contributed by atoms with Gasteiger partial charge in [0, 0.05) is 12.8 Å². The Morgan fingerprint density at radius 2 is 2.28 bits per heavy atom. The summed E-state index contributed by atoms with van der Waals surface area (Å²) in [5.41, 5.74) is 0.771. The van der Waals surface area contributed by atoms with E-state index in [-0.39, 0.29) is 18.8 Å². The first-order valence-electron chi connectivity index (χ1n) is 6.10. The minimum atomic E-state index is -2.52. The second-order valence-electron chi connectivity index (χ2n) is 4.75. The van der Waals surface area contributed by atoms with Gasteiger partial charge in [0.05, 0.1) is 24.4 Å². The van der Waals surface area contributed by atoms with E-state index in [1.54, 1.807) is 18.3 Å². The SMILES string of the molecule is FC1(F)CCCC(COc2ccc(CCl)nc2)C1. The maximum absolute atomic E-state index is 13.2. The molecule has 0 N–H and O–H groups in total. The number of hydrogen-bond acceptors (Lipinski definition) is 2. The zero-order valence-electron chi connectivity index (χ0n) is 10.0. The molecule has 1 aromatic heterocycles. The molecule has 1 aliphatic rings. The zero-order valence-corrected chi connectivity index (χ0v) is 10.8. The molecule has 0 amide bonds. The third-order valence-corrected chi connectivity index (χ3v) is 3.44. The number of alkyl halides is 3. The molecule has 0 spiro atoms. The Morgan fingerprint density at radius 3 is 2.89 bits per heavy atom. The summed E-state index contributed by atoms with van der Waals surface area (Å²) >= 11 is 5.62. The van der Waals surface area contributed by atoms with Crippen LogP contribution in [0.4, 0.5) is 8.78 Å².